The number of carbonyl (C=O) groups is 3. The first kappa shape index (κ1) is 20.4. The maximum Gasteiger partial charge on any atom is 0.325 e. The summed E-state index contributed by atoms with van der Waals surface area (Å²) in [6.45, 7) is 7.48. The first-order chi connectivity index (χ1) is 13.8. The zero-order chi connectivity index (χ0) is 21.2. The fraction of sp³-hybridized carbons (Fsp3) is 0.318. The first-order valence-electron chi connectivity index (χ1n) is 9.49. The second kappa shape index (κ2) is 7.95. The number of imide groups is 1. The molecule has 1 saturated heterocycles. The molecule has 2 N–H and O–H groups in total. The second-order valence-corrected chi connectivity index (χ2v) is 7.22. The SMILES string of the molecule is CCOc1ccc([C@]2(C)NC(=O)N(CC(=O)Nc3c(C)cccc3C)C2=O)cc1. The smallest absolute Gasteiger partial charge is 0.325 e. The lowest BCUT2D eigenvalue weighted by atomic mass is 9.92. The summed E-state index contributed by atoms with van der Waals surface area (Å²) in [5, 5.41) is 5.51. The second-order valence-electron chi connectivity index (χ2n) is 7.22. The van der Waals surface area contributed by atoms with Gasteiger partial charge >= 0.3 is 6.03 Å². The number of nitrogens with one attached hydrogen (secondary N) is 2. The van der Waals surface area contributed by atoms with Gasteiger partial charge in [-0.1, -0.05) is 30.3 Å². The van der Waals surface area contributed by atoms with Crippen molar-refractivity contribution in [2.45, 2.75) is 33.2 Å². The van der Waals surface area contributed by atoms with Crippen LogP contribution in [0.1, 0.15) is 30.5 Å². The molecule has 1 aliphatic rings. The van der Waals surface area contributed by atoms with E-state index in [0.717, 1.165) is 16.0 Å². The standard InChI is InChI=1S/C22H25N3O4/c1-5-29-17-11-9-16(10-12-17)22(4)20(27)25(21(28)24-22)13-18(26)23-19-14(2)7-6-8-15(19)3/h6-12H,5,13H2,1-4H3,(H,23,26)(H,24,28)/t22-/m0/s1. The van der Waals surface area contributed by atoms with E-state index in [-0.39, 0.29) is 6.54 Å². The molecule has 0 aromatic heterocycles. The van der Waals surface area contributed by atoms with Crippen molar-refractivity contribution in [1.29, 1.82) is 0 Å². The molecule has 3 rings (SSSR count). The van der Waals surface area contributed by atoms with Crippen molar-refractivity contribution in [1.82, 2.24) is 10.2 Å². The molecule has 0 bridgehead atoms. The molecule has 29 heavy (non-hydrogen) atoms. The topological polar surface area (TPSA) is 87.7 Å². The van der Waals surface area contributed by atoms with E-state index >= 15 is 0 Å². The van der Waals surface area contributed by atoms with Gasteiger partial charge in [-0.15, -0.1) is 0 Å². The van der Waals surface area contributed by atoms with Gasteiger partial charge in [-0.05, 0) is 56.5 Å². The van der Waals surface area contributed by atoms with Crippen LogP contribution in [0.4, 0.5) is 10.5 Å². The van der Waals surface area contributed by atoms with E-state index in [1.165, 1.54) is 0 Å². The monoisotopic (exact) mass is 395 g/mol. The quantitative estimate of drug-likeness (QED) is 0.736. The Hall–Kier alpha value is -3.35. The van der Waals surface area contributed by atoms with E-state index in [2.05, 4.69) is 10.6 Å². The molecule has 1 heterocycles. The minimum Gasteiger partial charge on any atom is -0.494 e. The Balaban J connectivity index is 1.75. The third-order valence-electron chi connectivity index (χ3n) is 5.06. The van der Waals surface area contributed by atoms with Gasteiger partial charge < -0.3 is 15.4 Å². The summed E-state index contributed by atoms with van der Waals surface area (Å²) >= 11 is 0. The van der Waals surface area contributed by atoms with Crippen LogP contribution >= 0.6 is 0 Å². The summed E-state index contributed by atoms with van der Waals surface area (Å²) in [7, 11) is 0. The van der Waals surface area contributed by atoms with Crippen LogP contribution in [0.5, 0.6) is 5.75 Å². The summed E-state index contributed by atoms with van der Waals surface area (Å²) in [6.07, 6.45) is 0. The molecular weight excluding hydrogens is 370 g/mol. The summed E-state index contributed by atoms with van der Waals surface area (Å²) in [5.41, 5.74) is 1.90. The molecule has 2 aromatic carbocycles. The van der Waals surface area contributed by atoms with Gasteiger partial charge in [0.15, 0.2) is 0 Å². The van der Waals surface area contributed by atoms with Crippen molar-refractivity contribution in [2.75, 3.05) is 18.5 Å². The van der Waals surface area contributed by atoms with Crippen molar-refractivity contribution in [2.24, 2.45) is 0 Å². The Morgan fingerprint density at radius 3 is 2.31 bits per heavy atom. The number of hydrogen-bond donors (Lipinski definition) is 2. The molecule has 4 amide bonds. The summed E-state index contributed by atoms with van der Waals surface area (Å²) in [4.78, 5) is 38.9. The number of rotatable bonds is 6. The summed E-state index contributed by atoms with van der Waals surface area (Å²) in [6, 6.07) is 12.1. The molecule has 0 unspecified atom stereocenters. The number of hydrogen-bond acceptors (Lipinski definition) is 4. The van der Waals surface area contributed by atoms with Crippen LogP contribution in [0.15, 0.2) is 42.5 Å². The largest absolute Gasteiger partial charge is 0.494 e. The number of aryl methyl sites for hydroxylation is 2. The number of para-hydroxylation sites is 1. The van der Waals surface area contributed by atoms with Crippen molar-refractivity contribution < 1.29 is 19.1 Å². The van der Waals surface area contributed by atoms with Gasteiger partial charge in [0.2, 0.25) is 5.91 Å². The molecule has 152 valence electrons. The lowest BCUT2D eigenvalue weighted by Crippen LogP contribution is -2.42. The summed E-state index contributed by atoms with van der Waals surface area (Å²) in [5.74, 6) is -0.216. The maximum absolute atomic E-state index is 13.0. The minimum atomic E-state index is -1.24. The summed E-state index contributed by atoms with van der Waals surface area (Å²) < 4.78 is 5.42. The Morgan fingerprint density at radius 2 is 1.72 bits per heavy atom. The number of urea groups is 1. The fourth-order valence-corrected chi connectivity index (χ4v) is 3.42. The average Bonchev–Trinajstić information content (AvgIpc) is 2.90. The lowest BCUT2D eigenvalue weighted by Gasteiger charge is -2.22. The third kappa shape index (κ3) is 3.94. The molecular formula is C22H25N3O4. The fourth-order valence-electron chi connectivity index (χ4n) is 3.42. The Kier molecular flexibility index (Phi) is 5.59. The van der Waals surface area contributed by atoms with Gasteiger partial charge in [-0.25, -0.2) is 4.79 Å². The number of carbonyl (C=O) groups excluding carboxylic acids is 3. The van der Waals surface area contributed by atoms with Crippen LogP contribution in [0.25, 0.3) is 0 Å². The highest BCUT2D eigenvalue weighted by Gasteiger charge is 2.49. The lowest BCUT2D eigenvalue weighted by molar-refractivity contribution is -0.133. The molecule has 0 radical (unpaired) electrons. The average molecular weight is 395 g/mol. The van der Waals surface area contributed by atoms with E-state index in [1.54, 1.807) is 31.2 Å². The maximum atomic E-state index is 13.0. The van der Waals surface area contributed by atoms with Crippen LogP contribution in [0.3, 0.4) is 0 Å². The number of nitrogens with zero attached hydrogens (tertiary/aromatic N) is 1. The Bertz CT molecular complexity index is 935. The molecule has 7 heteroatoms. The molecule has 0 saturated carbocycles. The van der Waals surface area contributed by atoms with Crippen molar-refractivity contribution in [3.05, 3.63) is 59.2 Å². The zero-order valence-electron chi connectivity index (χ0n) is 17.0. The molecule has 2 aromatic rings. The van der Waals surface area contributed by atoms with Crippen LogP contribution < -0.4 is 15.4 Å². The Morgan fingerprint density at radius 1 is 1.10 bits per heavy atom. The van der Waals surface area contributed by atoms with Crippen molar-refractivity contribution in [3.8, 4) is 5.75 Å². The molecule has 1 fully saturated rings. The van der Waals surface area contributed by atoms with Gasteiger partial charge in [0, 0.05) is 5.69 Å². The van der Waals surface area contributed by atoms with E-state index in [1.807, 2.05) is 39.0 Å². The Labute approximate surface area is 170 Å². The predicted octanol–water partition coefficient (Wildman–Crippen LogP) is 3.11. The highest BCUT2D eigenvalue weighted by molar-refractivity contribution is 6.10. The van der Waals surface area contributed by atoms with Gasteiger partial charge in [0.05, 0.1) is 6.61 Å². The minimum absolute atomic E-state index is 0.356. The van der Waals surface area contributed by atoms with Crippen molar-refractivity contribution in [3.63, 3.8) is 0 Å². The van der Waals surface area contributed by atoms with E-state index in [9.17, 15) is 14.4 Å². The van der Waals surface area contributed by atoms with E-state index in [4.69, 9.17) is 4.74 Å². The van der Waals surface area contributed by atoms with Gasteiger partial charge in [0.25, 0.3) is 5.91 Å². The van der Waals surface area contributed by atoms with Crippen LogP contribution in [-0.4, -0.2) is 35.9 Å². The van der Waals surface area contributed by atoms with Crippen LogP contribution in [0, 0.1) is 13.8 Å². The number of amides is 4. The predicted molar refractivity (Wildman–Crippen MR) is 110 cm³/mol. The highest BCUT2D eigenvalue weighted by atomic mass is 16.5. The number of ether oxygens (including phenoxy) is 1. The molecule has 1 aliphatic heterocycles. The van der Waals surface area contributed by atoms with E-state index in [0.29, 0.717) is 23.6 Å². The number of benzene rings is 2. The first-order valence-corrected chi connectivity index (χ1v) is 9.49. The molecule has 1 atom stereocenters. The van der Waals surface area contributed by atoms with Gasteiger partial charge in [0.1, 0.15) is 17.8 Å². The van der Waals surface area contributed by atoms with Crippen molar-refractivity contribution >= 4 is 23.5 Å². The molecule has 0 aliphatic carbocycles. The highest BCUT2D eigenvalue weighted by Crippen LogP contribution is 2.30. The van der Waals surface area contributed by atoms with Crippen LogP contribution in [-0.2, 0) is 15.1 Å². The normalized spacial score (nSPS) is 18.6. The zero-order valence-corrected chi connectivity index (χ0v) is 17.0. The molecule has 0 spiro atoms. The van der Waals surface area contributed by atoms with Gasteiger partial charge in [-0.2, -0.15) is 0 Å². The molecule has 7 nitrogen and oxygen atoms in total. The number of anilines is 1. The van der Waals surface area contributed by atoms with E-state index < -0.39 is 23.4 Å². The van der Waals surface area contributed by atoms with Gasteiger partial charge in [-0.3, -0.25) is 14.5 Å². The third-order valence-corrected chi connectivity index (χ3v) is 5.06. The van der Waals surface area contributed by atoms with Crippen LogP contribution in [0.2, 0.25) is 0 Å².